The third-order valence-corrected chi connectivity index (χ3v) is 1.99. The summed E-state index contributed by atoms with van der Waals surface area (Å²) in [5.41, 5.74) is 1.15. The molecule has 0 radical (unpaired) electrons. The van der Waals surface area contributed by atoms with Crippen molar-refractivity contribution < 1.29 is 4.55 Å². The first-order valence-electron chi connectivity index (χ1n) is 2.93. The van der Waals surface area contributed by atoms with Gasteiger partial charge in [-0.2, -0.15) is 0 Å². The van der Waals surface area contributed by atoms with Crippen molar-refractivity contribution in [2.45, 2.75) is 11.8 Å². The van der Waals surface area contributed by atoms with Crippen molar-refractivity contribution in [1.82, 2.24) is 0 Å². The maximum atomic E-state index is 10.6. The second kappa shape index (κ2) is 3.05. The van der Waals surface area contributed by atoms with E-state index in [1.165, 1.54) is 0 Å². The zero-order valence-corrected chi connectivity index (χ0v) is 6.52. The van der Waals surface area contributed by atoms with E-state index in [9.17, 15) is 4.55 Å². The minimum Gasteiger partial charge on any atom is -0.593 e. The van der Waals surface area contributed by atoms with E-state index in [4.69, 9.17) is 5.14 Å². The van der Waals surface area contributed by atoms with E-state index in [2.05, 4.69) is 0 Å². The number of benzene rings is 1. The average molecular weight is 155 g/mol. The third-order valence-electron chi connectivity index (χ3n) is 1.25. The van der Waals surface area contributed by atoms with Gasteiger partial charge in [0.05, 0.1) is 11.4 Å². The summed E-state index contributed by atoms with van der Waals surface area (Å²) in [6.07, 6.45) is 0. The number of aryl methyl sites for hydroxylation is 1. The summed E-state index contributed by atoms with van der Waals surface area (Å²) in [6, 6.07) is 7.32. The molecule has 0 heterocycles. The molecule has 2 N–H and O–H groups in total. The summed E-state index contributed by atoms with van der Waals surface area (Å²) < 4.78 is 10.6. The van der Waals surface area contributed by atoms with Crippen LogP contribution in [0.5, 0.6) is 0 Å². The minimum absolute atomic E-state index is 0.672. The van der Waals surface area contributed by atoms with Crippen LogP contribution in [0.2, 0.25) is 0 Å². The minimum atomic E-state index is -1.34. The molecule has 1 rings (SSSR count). The second-order valence-corrected chi connectivity index (χ2v) is 3.18. The first-order valence-corrected chi connectivity index (χ1v) is 4.14. The van der Waals surface area contributed by atoms with Crippen molar-refractivity contribution in [2.75, 3.05) is 0 Å². The molecule has 1 unspecified atom stereocenters. The Hall–Kier alpha value is -0.510. The van der Waals surface area contributed by atoms with E-state index in [-0.39, 0.29) is 0 Å². The molecule has 0 aliphatic heterocycles. The van der Waals surface area contributed by atoms with Gasteiger partial charge in [-0.25, -0.2) is 0 Å². The average Bonchev–Trinajstić information content (AvgIpc) is 1.88. The van der Waals surface area contributed by atoms with Crippen LogP contribution in [0.15, 0.2) is 29.2 Å². The lowest BCUT2D eigenvalue weighted by Crippen LogP contribution is -2.11. The third kappa shape index (κ3) is 1.73. The molecule has 3 heteroatoms. The van der Waals surface area contributed by atoms with Crippen LogP contribution in [0, 0.1) is 6.92 Å². The Morgan fingerprint density at radius 3 is 2.20 bits per heavy atom. The zero-order chi connectivity index (χ0) is 7.56. The van der Waals surface area contributed by atoms with Crippen molar-refractivity contribution in [1.29, 1.82) is 0 Å². The molecule has 2 nitrogen and oxygen atoms in total. The first kappa shape index (κ1) is 7.60. The highest BCUT2D eigenvalue weighted by atomic mass is 32.2. The molecular weight excluding hydrogens is 146 g/mol. The highest BCUT2D eigenvalue weighted by Gasteiger charge is 2.01. The van der Waals surface area contributed by atoms with Gasteiger partial charge in [0.25, 0.3) is 0 Å². The normalized spacial score (nSPS) is 13.1. The summed E-state index contributed by atoms with van der Waals surface area (Å²) in [7, 11) is 0. The monoisotopic (exact) mass is 155 g/mol. The van der Waals surface area contributed by atoms with Gasteiger partial charge in [0, 0.05) is 0 Å². The molecule has 0 saturated carbocycles. The fourth-order valence-corrected chi connectivity index (χ4v) is 1.08. The lowest BCUT2D eigenvalue weighted by Gasteiger charge is -2.01. The Morgan fingerprint density at radius 1 is 1.30 bits per heavy atom. The lowest BCUT2D eigenvalue weighted by atomic mass is 10.2. The predicted molar refractivity (Wildman–Crippen MR) is 41.8 cm³/mol. The van der Waals surface area contributed by atoms with E-state index in [0.717, 1.165) is 5.56 Å². The molecular formula is C7H9NOS. The van der Waals surface area contributed by atoms with Crippen molar-refractivity contribution >= 4 is 11.4 Å². The van der Waals surface area contributed by atoms with Gasteiger partial charge in [-0.3, -0.25) is 0 Å². The van der Waals surface area contributed by atoms with Crippen LogP contribution in [0.25, 0.3) is 0 Å². The highest BCUT2D eigenvalue weighted by Crippen LogP contribution is 2.06. The molecule has 1 atom stereocenters. The van der Waals surface area contributed by atoms with Gasteiger partial charge >= 0.3 is 0 Å². The van der Waals surface area contributed by atoms with Gasteiger partial charge in [-0.1, -0.05) is 17.7 Å². The van der Waals surface area contributed by atoms with Crippen molar-refractivity contribution in [3.8, 4) is 0 Å². The topological polar surface area (TPSA) is 49.1 Å². The summed E-state index contributed by atoms with van der Waals surface area (Å²) in [5.74, 6) is 0. The van der Waals surface area contributed by atoms with Crippen LogP contribution in [0.3, 0.4) is 0 Å². The molecule has 0 aliphatic rings. The van der Waals surface area contributed by atoms with Crippen LogP contribution in [0.4, 0.5) is 0 Å². The van der Waals surface area contributed by atoms with Gasteiger partial charge in [0.2, 0.25) is 0 Å². The van der Waals surface area contributed by atoms with E-state index < -0.39 is 11.4 Å². The van der Waals surface area contributed by atoms with E-state index >= 15 is 0 Å². The van der Waals surface area contributed by atoms with Gasteiger partial charge < -0.3 is 4.55 Å². The quantitative estimate of drug-likeness (QED) is 0.614. The van der Waals surface area contributed by atoms with E-state index in [0.29, 0.717) is 4.90 Å². The van der Waals surface area contributed by atoms with Crippen LogP contribution >= 0.6 is 0 Å². The second-order valence-electron chi connectivity index (χ2n) is 2.11. The maximum Gasteiger partial charge on any atom is 0.173 e. The fourth-order valence-electron chi connectivity index (χ4n) is 0.672. The van der Waals surface area contributed by atoms with Gasteiger partial charge in [0.1, 0.15) is 0 Å². The first-order chi connectivity index (χ1) is 4.70. The fraction of sp³-hybridized carbons (Fsp3) is 0.143. The largest absolute Gasteiger partial charge is 0.593 e. The van der Waals surface area contributed by atoms with Crippen LogP contribution in [-0.2, 0) is 11.4 Å². The van der Waals surface area contributed by atoms with Gasteiger partial charge in [-0.15, -0.1) is 5.14 Å². The number of rotatable bonds is 1. The Morgan fingerprint density at radius 2 is 1.80 bits per heavy atom. The highest BCUT2D eigenvalue weighted by molar-refractivity contribution is 7.89. The van der Waals surface area contributed by atoms with Crippen LogP contribution < -0.4 is 5.14 Å². The van der Waals surface area contributed by atoms with Crippen LogP contribution in [0.1, 0.15) is 5.56 Å². The van der Waals surface area contributed by atoms with Gasteiger partial charge in [-0.05, 0) is 19.1 Å². The van der Waals surface area contributed by atoms with Crippen molar-refractivity contribution in [2.24, 2.45) is 5.14 Å². The maximum absolute atomic E-state index is 10.6. The van der Waals surface area contributed by atoms with E-state index in [1.807, 2.05) is 19.1 Å². The number of nitrogens with two attached hydrogens (primary N) is 1. The Kier molecular flexibility index (Phi) is 2.32. The molecule has 0 aliphatic carbocycles. The number of hydrogen-bond acceptors (Lipinski definition) is 2. The molecule has 1 aromatic carbocycles. The van der Waals surface area contributed by atoms with Crippen LogP contribution in [-0.4, -0.2) is 4.55 Å². The molecule has 0 amide bonds. The molecule has 0 fully saturated rings. The summed E-state index contributed by atoms with van der Waals surface area (Å²) in [4.78, 5) is 0.672. The summed E-state index contributed by atoms with van der Waals surface area (Å²) in [5, 5.41) is 5.14. The Bertz CT molecular complexity index is 207. The Labute approximate surface area is 63.4 Å². The molecule has 0 bridgehead atoms. The predicted octanol–water partition coefficient (Wildman–Crippen LogP) is 0.976. The molecule has 10 heavy (non-hydrogen) atoms. The van der Waals surface area contributed by atoms with Crippen molar-refractivity contribution in [3.05, 3.63) is 29.8 Å². The smallest absolute Gasteiger partial charge is 0.173 e. The summed E-state index contributed by atoms with van der Waals surface area (Å²) >= 11 is -1.34. The SMILES string of the molecule is Cc1ccc([S+](N)[O-])cc1. The number of hydrogen-bond donors (Lipinski definition) is 1. The summed E-state index contributed by atoms with van der Waals surface area (Å²) in [6.45, 7) is 1.98. The molecule has 0 saturated heterocycles. The molecule has 0 spiro atoms. The zero-order valence-electron chi connectivity index (χ0n) is 5.70. The van der Waals surface area contributed by atoms with Crippen molar-refractivity contribution in [3.63, 3.8) is 0 Å². The standard InChI is InChI=1S/C7H9NOS/c1-6-2-4-7(5-3-6)10(8)9/h2-5H,8H2,1H3. The Balaban J connectivity index is 2.89. The van der Waals surface area contributed by atoms with E-state index in [1.54, 1.807) is 12.1 Å². The van der Waals surface area contributed by atoms with Gasteiger partial charge in [0.15, 0.2) is 4.90 Å². The molecule has 0 aromatic heterocycles. The molecule has 1 aromatic rings. The lowest BCUT2D eigenvalue weighted by molar-refractivity contribution is 0.596. The molecule has 54 valence electrons.